The zero-order chi connectivity index (χ0) is 21.1. The number of aliphatic carboxylic acids is 1. The van der Waals surface area contributed by atoms with E-state index in [1.165, 1.54) is 5.57 Å². The largest absolute Gasteiger partial charge is 0.481 e. The van der Waals surface area contributed by atoms with Gasteiger partial charge in [0.1, 0.15) is 6.10 Å². The summed E-state index contributed by atoms with van der Waals surface area (Å²) in [6.45, 7) is 6.43. The highest BCUT2D eigenvalue weighted by atomic mass is 16.5. The van der Waals surface area contributed by atoms with E-state index in [1.54, 1.807) is 0 Å². The fourth-order valence-corrected chi connectivity index (χ4v) is 5.81. The first-order chi connectivity index (χ1) is 13.8. The molecule has 0 saturated carbocycles. The standard InChI is InChI=1S/C24H36O5/c1-4-16(24(27)28)11-18-10-14(2)9-17-6-5-15(3)21(23(17)18)8-7-20-12-19(25)13-22(26)29-20/h5-6,9,14-16,18-21,23,25H,4,7-8,10-13H2,1-3H3,(H,27,28). The lowest BCUT2D eigenvalue weighted by Gasteiger charge is -2.45. The number of hydrogen-bond acceptors (Lipinski definition) is 4. The zero-order valence-electron chi connectivity index (χ0n) is 17.9. The van der Waals surface area contributed by atoms with Gasteiger partial charge in [0.25, 0.3) is 0 Å². The van der Waals surface area contributed by atoms with Crippen LogP contribution in [0.4, 0.5) is 0 Å². The van der Waals surface area contributed by atoms with Crippen molar-refractivity contribution in [3.63, 3.8) is 0 Å². The minimum Gasteiger partial charge on any atom is -0.481 e. The average molecular weight is 405 g/mol. The minimum absolute atomic E-state index is 0.0993. The maximum absolute atomic E-state index is 11.7. The van der Waals surface area contributed by atoms with Crippen molar-refractivity contribution >= 4 is 11.9 Å². The summed E-state index contributed by atoms with van der Waals surface area (Å²) in [4.78, 5) is 23.4. The van der Waals surface area contributed by atoms with Gasteiger partial charge < -0.3 is 14.9 Å². The van der Waals surface area contributed by atoms with Crippen molar-refractivity contribution in [2.24, 2.45) is 35.5 Å². The van der Waals surface area contributed by atoms with Crippen LogP contribution in [0.2, 0.25) is 0 Å². The van der Waals surface area contributed by atoms with Gasteiger partial charge in [-0.25, -0.2) is 0 Å². The Kier molecular flexibility index (Phi) is 7.20. The van der Waals surface area contributed by atoms with Gasteiger partial charge in [0, 0.05) is 6.42 Å². The third-order valence-electron chi connectivity index (χ3n) is 7.26. The minimum atomic E-state index is -0.685. The molecule has 2 N–H and O–H groups in total. The summed E-state index contributed by atoms with van der Waals surface area (Å²) in [7, 11) is 0. The lowest BCUT2D eigenvalue weighted by atomic mass is 9.60. The van der Waals surface area contributed by atoms with Crippen molar-refractivity contribution in [3.05, 3.63) is 23.8 Å². The van der Waals surface area contributed by atoms with Crippen molar-refractivity contribution in [1.82, 2.24) is 0 Å². The van der Waals surface area contributed by atoms with E-state index < -0.39 is 12.1 Å². The van der Waals surface area contributed by atoms with E-state index in [-0.39, 0.29) is 24.4 Å². The van der Waals surface area contributed by atoms with Crippen molar-refractivity contribution in [1.29, 1.82) is 0 Å². The number of allylic oxidation sites excluding steroid dienone is 4. The molecule has 2 aliphatic carbocycles. The van der Waals surface area contributed by atoms with Crippen molar-refractivity contribution in [3.8, 4) is 0 Å². The van der Waals surface area contributed by atoms with Gasteiger partial charge in [0.15, 0.2) is 0 Å². The molecule has 3 aliphatic rings. The molecule has 1 fully saturated rings. The third-order valence-corrected chi connectivity index (χ3v) is 7.26. The summed E-state index contributed by atoms with van der Waals surface area (Å²) in [5.41, 5.74) is 1.36. The number of rotatable bonds is 7. The van der Waals surface area contributed by atoms with Crippen LogP contribution in [-0.4, -0.2) is 34.4 Å². The SMILES string of the molecule is CCC(CC1CC(C)C=C2C=CC(C)C(CCC3CC(O)CC(=O)O3)C21)C(=O)O. The van der Waals surface area contributed by atoms with Crippen molar-refractivity contribution in [2.75, 3.05) is 0 Å². The molecule has 0 amide bonds. The van der Waals surface area contributed by atoms with E-state index in [0.717, 1.165) is 25.7 Å². The summed E-state index contributed by atoms with van der Waals surface area (Å²) in [6, 6.07) is 0. The Hall–Kier alpha value is -1.62. The molecule has 0 radical (unpaired) electrons. The van der Waals surface area contributed by atoms with E-state index in [4.69, 9.17) is 4.74 Å². The first kappa shape index (κ1) is 22.1. The second kappa shape index (κ2) is 9.46. The number of fused-ring (bicyclic) bond motifs is 1. The van der Waals surface area contributed by atoms with Crippen LogP contribution in [0.15, 0.2) is 23.8 Å². The number of carbonyl (C=O) groups excluding carboxylic acids is 1. The molecule has 5 heteroatoms. The fraction of sp³-hybridized carbons (Fsp3) is 0.750. The first-order valence-corrected chi connectivity index (χ1v) is 11.3. The molecule has 1 heterocycles. The predicted octanol–water partition coefficient (Wildman–Crippen LogP) is 4.35. The first-order valence-electron chi connectivity index (χ1n) is 11.3. The number of carboxylic acids is 1. The molecule has 1 saturated heterocycles. The van der Waals surface area contributed by atoms with E-state index in [0.29, 0.717) is 42.4 Å². The van der Waals surface area contributed by atoms with E-state index in [1.807, 2.05) is 6.92 Å². The molecule has 3 rings (SSSR count). The number of cyclic esters (lactones) is 1. The highest BCUT2D eigenvalue weighted by Gasteiger charge is 2.41. The van der Waals surface area contributed by atoms with E-state index in [2.05, 4.69) is 32.1 Å². The van der Waals surface area contributed by atoms with E-state index >= 15 is 0 Å². The maximum atomic E-state index is 11.7. The Morgan fingerprint density at radius 1 is 1.28 bits per heavy atom. The van der Waals surface area contributed by atoms with Gasteiger partial charge in [-0.15, -0.1) is 0 Å². The number of esters is 1. The summed E-state index contributed by atoms with van der Waals surface area (Å²) >= 11 is 0. The topological polar surface area (TPSA) is 83.8 Å². The normalized spacial score (nSPS) is 38.0. The number of carboxylic acid groups (broad SMARTS) is 1. The number of aliphatic hydroxyl groups is 1. The second-order valence-corrected chi connectivity index (χ2v) is 9.51. The molecule has 5 nitrogen and oxygen atoms in total. The molecule has 162 valence electrons. The number of aliphatic hydroxyl groups excluding tert-OH is 1. The second-order valence-electron chi connectivity index (χ2n) is 9.51. The molecule has 8 atom stereocenters. The molecule has 0 aromatic rings. The van der Waals surface area contributed by atoms with Gasteiger partial charge in [-0.05, 0) is 67.3 Å². The van der Waals surface area contributed by atoms with E-state index in [9.17, 15) is 19.8 Å². The molecule has 29 heavy (non-hydrogen) atoms. The summed E-state index contributed by atoms with van der Waals surface area (Å²) in [6.07, 6.45) is 10.8. The lowest BCUT2D eigenvalue weighted by molar-refractivity contribution is -0.160. The van der Waals surface area contributed by atoms with Crippen LogP contribution in [0.1, 0.15) is 65.7 Å². The summed E-state index contributed by atoms with van der Waals surface area (Å²) < 4.78 is 5.47. The molecule has 8 unspecified atom stereocenters. The molecular formula is C24H36O5. The van der Waals surface area contributed by atoms with Gasteiger partial charge in [-0.2, -0.15) is 0 Å². The predicted molar refractivity (Wildman–Crippen MR) is 111 cm³/mol. The lowest BCUT2D eigenvalue weighted by Crippen LogP contribution is -2.38. The monoisotopic (exact) mass is 404 g/mol. The van der Waals surface area contributed by atoms with Crippen LogP contribution >= 0.6 is 0 Å². The Morgan fingerprint density at radius 3 is 2.69 bits per heavy atom. The fourth-order valence-electron chi connectivity index (χ4n) is 5.81. The Morgan fingerprint density at radius 2 is 2.03 bits per heavy atom. The molecule has 0 bridgehead atoms. The number of hydrogen-bond donors (Lipinski definition) is 2. The third kappa shape index (κ3) is 5.30. The van der Waals surface area contributed by atoms with Crippen LogP contribution in [-0.2, 0) is 14.3 Å². The highest BCUT2D eigenvalue weighted by molar-refractivity contribution is 5.71. The van der Waals surface area contributed by atoms with Crippen LogP contribution in [0.25, 0.3) is 0 Å². The molecule has 1 aliphatic heterocycles. The van der Waals surface area contributed by atoms with Gasteiger partial charge >= 0.3 is 11.9 Å². The summed E-state index contributed by atoms with van der Waals surface area (Å²) in [5.74, 6) is 0.730. The van der Waals surface area contributed by atoms with Crippen molar-refractivity contribution < 1.29 is 24.5 Å². The Bertz CT molecular complexity index is 666. The Balaban J connectivity index is 1.76. The molecule has 0 aromatic carbocycles. The molecule has 0 aromatic heterocycles. The van der Waals surface area contributed by atoms with Crippen LogP contribution in [0, 0.1) is 35.5 Å². The smallest absolute Gasteiger partial charge is 0.308 e. The molecule has 0 spiro atoms. The van der Waals surface area contributed by atoms with Gasteiger partial charge in [0.2, 0.25) is 0 Å². The highest BCUT2D eigenvalue weighted by Crippen LogP contribution is 2.48. The zero-order valence-corrected chi connectivity index (χ0v) is 17.9. The van der Waals surface area contributed by atoms with Gasteiger partial charge in [-0.3, -0.25) is 9.59 Å². The number of carbonyl (C=O) groups is 2. The average Bonchev–Trinajstić information content (AvgIpc) is 2.64. The van der Waals surface area contributed by atoms with Gasteiger partial charge in [0.05, 0.1) is 18.4 Å². The molecular weight excluding hydrogens is 368 g/mol. The van der Waals surface area contributed by atoms with Crippen molar-refractivity contribution in [2.45, 2.75) is 77.9 Å². The van der Waals surface area contributed by atoms with Gasteiger partial charge in [-0.1, -0.05) is 39.0 Å². The number of ether oxygens (including phenoxy) is 1. The van der Waals surface area contributed by atoms with Crippen LogP contribution in [0.3, 0.4) is 0 Å². The summed E-state index contributed by atoms with van der Waals surface area (Å²) in [5, 5.41) is 19.5. The van der Waals surface area contributed by atoms with Crippen LogP contribution in [0.5, 0.6) is 0 Å². The Labute approximate surface area is 174 Å². The maximum Gasteiger partial charge on any atom is 0.308 e. The van der Waals surface area contributed by atoms with Crippen LogP contribution < -0.4 is 0 Å². The quantitative estimate of drug-likeness (QED) is 0.616.